The Hall–Kier alpha value is -0.480. The zero-order valence-corrected chi connectivity index (χ0v) is 19.3. The molecule has 0 aliphatic carbocycles. The van der Waals surface area contributed by atoms with E-state index >= 15 is 0 Å². The van der Waals surface area contributed by atoms with Crippen LogP contribution < -0.4 is 0 Å². The summed E-state index contributed by atoms with van der Waals surface area (Å²) in [6.45, 7) is 13.4. The largest absolute Gasteiger partial charge is 0.229 e. The molecule has 0 radical (unpaired) electrons. The molecule has 0 spiro atoms. The molecule has 2 nitrogen and oxygen atoms in total. The van der Waals surface area contributed by atoms with Gasteiger partial charge in [-0.1, -0.05) is 72.9 Å². The van der Waals surface area contributed by atoms with E-state index in [0.717, 1.165) is 42.6 Å². The summed E-state index contributed by atoms with van der Waals surface area (Å²) in [5, 5.41) is 0. The summed E-state index contributed by atoms with van der Waals surface area (Å²) < 4.78 is 24.5. The smallest absolute Gasteiger partial charge is 0.150 e. The second kappa shape index (κ2) is 9.64. The summed E-state index contributed by atoms with van der Waals surface area (Å²) in [5.74, 6) is 0.531. The van der Waals surface area contributed by atoms with Crippen LogP contribution in [0.2, 0.25) is 0 Å². The molecule has 0 bridgehead atoms. The SMILES string of the molecule is CCCCCCS(=O)(=O)CCc1ccc(C(C)(C)CC(C)(C)C)cc1S. The fraction of sp³-hybridized carbons (Fsp3) is 0.727. The summed E-state index contributed by atoms with van der Waals surface area (Å²) in [5.41, 5.74) is 2.62. The Kier molecular flexibility index (Phi) is 8.73. The van der Waals surface area contributed by atoms with Crippen LogP contribution in [0.25, 0.3) is 0 Å². The average Bonchev–Trinajstić information content (AvgIpc) is 2.48. The van der Waals surface area contributed by atoms with E-state index in [1.807, 2.05) is 0 Å². The molecule has 0 aliphatic rings. The standard InChI is InChI=1S/C22H38O2S2/c1-7-8-9-10-14-26(23,24)15-13-18-11-12-19(16-20(18)25)22(5,6)17-21(2,3)4/h11-12,16,25H,7-10,13-15,17H2,1-6H3. The second-order valence-corrected chi connectivity index (χ2v) is 12.2. The van der Waals surface area contributed by atoms with Gasteiger partial charge >= 0.3 is 0 Å². The molecule has 0 heterocycles. The van der Waals surface area contributed by atoms with Crippen molar-refractivity contribution in [2.24, 2.45) is 5.41 Å². The van der Waals surface area contributed by atoms with Crippen LogP contribution in [0.4, 0.5) is 0 Å². The predicted octanol–water partition coefficient (Wildman–Crippen LogP) is 6.23. The minimum atomic E-state index is -2.97. The Bertz CT molecular complexity index is 668. The lowest BCUT2D eigenvalue weighted by Gasteiger charge is -2.33. The molecule has 0 amide bonds. The van der Waals surface area contributed by atoms with Crippen LogP contribution in [-0.2, 0) is 21.7 Å². The van der Waals surface area contributed by atoms with Crippen LogP contribution in [0.5, 0.6) is 0 Å². The molecule has 0 aliphatic heterocycles. The van der Waals surface area contributed by atoms with Crippen molar-refractivity contribution in [2.75, 3.05) is 11.5 Å². The van der Waals surface area contributed by atoms with Gasteiger partial charge in [0.1, 0.15) is 0 Å². The van der Waals surface area contributed by atoms with E-state index in [0.29, 0.717) is 12.2 Å². The highest BCUT2D eigenvalue weighted by Crippen LogP contribution is 2.37. The molecule has 4 heteroatoms. The highest BCUT2D eigenvalue weighted by Gasteiger charge is 2.27. The molecule has 26 heavy (non-hydrogen) atoms. The highest BCUT2D eigenvalue weighted by molar-refractivity contribution is 7.91. The van der Waals surface area contributed by atoms with E-state index in [2.05, 4.69) is 72.4 Å². The number of hydrogen-bond donors (Lipinski definition) is 1. The summed E-state index contributed by atoms with van der Waals surface area (Å²) in [7, 11) is -2.97. The lowest BCUT2D eigenvalue weighted by molar-refractivity contribution is 0.284. The number of sulfone groups is 1. The van der Waals surface area contributed by atoms with Crippen LogP contribution >= 0.6 is 12.6 Å². The zero-order chi connectivity index (χ0) is 20.0. The van der Waals surface area contributed by atoms with Crippen molar-refractivity contribution in [3.8, 4) is 0 Å². The first-order valence-corrected chi connectivity index (χ1v) is 12.2. The fourth-order valence-electron chi connectivity index (χ4n) is 3.74. The van der Waals surface area contributed by atoms with Crippen molar-refractivity contribution in [1.29, 1.82) is 0 Å². The van der Waals surface area contributed by atoms with E-state index < -0.39 is 9.84 Å². The minimum Gasteiger partial charge on any atom is -0.229 e. The first kappa shape index (κ1) is 23.6. The predicted molar refractivity (Wildman–Crippen MR) is 117 cm³/mol. The first-order chi connectivity index (χ1) is 11.9. The third-order valence-electron chi connectivity index (χ3n) is 4.83. The molecule has 0 atom stereocenters. The van der Waals surface area contributed by atoms with Gasteiger partial charge in [-0.05, 0) is 47.3 Å². The molecule has 0 saturated carbocycles. The Morgan fingerprint density at radius 3 is 2.15 bits per heavy atom. The van der Waals surface area contributed by atoms with E-state index in [-0.39, 0.29) is 16.6 Å². The van der Waals surface area contributed by atoms with Gasteiger partial charge in [0.25, 0.3) is 0 Å². The normalized spacial score (nSPS) is 13.2. The van der Waals surface area contributed by atoms with Crippen molar-refractivity contribution in [1.82, 2.24) is 0 Å². The molecule has 1 aromatic rings. The van der Waals surface area contributed by atoms with Gasteiger partial charge in [-0.15, -0.1) is 12.6 Å². The van der Waals surface area contributed by atoms with Gasteiger partial charge < -0.3 is 0 Å². The fourth-order valence-corrected chi connectivity index (χ4v) is 5.44. The van der Waals surface area contributed by atoms with Crippen LogP contribution in [-0.4, -0.2) is 19.9 Å². The van der Waals surface area contributed by atoms with Crippen LogP contribution in [0.3, 0.4) is 0 Å². The molecule has 0 unspecified atom stereocenters. The van der Waals surface area contributed by atoms with Gasteiger partial charge in [-0.3, -0.25) is 0 Å². The molecular formula is C22H38O2S2. The van der Waals surface area contributed by atoms with Crippen molar-refractivity contribution >= 4 is 22.5 Å². The monoisotopic (exact) mass is 398 g/mol. The number of benzene rings is 1. The molecule has 0 N–H and O–H groups in total. The maximum absolute atomic E-state index is 12.2. The molecule has 0 aromatic heterocycles. The first-order valence-electron chi connectivity index (χ1n) is 9.89. The zero-order valence-electron chi connectivity index (χ0n) is 17.6. The Morgan fingerprint density at radius 2 is 1.62 bits per heavy atom. The number of hydrogen-bond acceptors (Lipinski definition) is 3. The maximum Gasteiger partial charge on any atom is 0.150 e. The van der Waals surface area contributed by atoms with E-state index in [1.165, 1.54) is 5.56 Å². The number of unbranched alkanes of at least 4 members (excludes halogenated alkanes) is 3. The second-order valence-electron chi connectivity index (χ2n) is 9.43. The summed E-state index contributed by atoms with van der Waals surface area (Å²) in [6.07, 6.45) is 5.66. The summed E-state index contributed by atoms with van der Waals surface area (Å²) >= 11 is 4.64. The van der Waals surface area contributed by atoms with Gasteiger partial charge in [-0.2, -0.15) is 0 Å². The van der Waals surface area contributed by atoms with Crippen molar-refractivity contribution in [2.45, 2.75) is 90.4 Å². The van der Waals surface area contributed by atoms with Crippen molar-refractivity contribution < 1.29 is 8.42 Å². The summed E-state index contributed by atoms with van der Waals surface area (Å²) in [4.78, 5) is 0.908. The topological polar surface area (TPSA) is 34.1 Å². The Labute approximate surface area is 167 Å². The van der Waals surface area contributed by atoms with Crippen molar-refractivity contribution in [3.63, 3.8) is 0 Å². The number of aryl methyl sites for hydroxylation is 1. The van der Waals surface area contributed by atoms with E-state index in [9.17, 15) is 8.42 Å². The quantitative estimate of drug-likeness (QED) is 0.374. The highest BCUT2D eigenvalue weighted by atomic mass is 32.2. The van der Waals surface area contributed by atoms with Gasteiger partial charge in [0.05, 0.1) is 11.5 Å². The number of rotatable bonds is 10. The molecule has 0 saturated heterocycles. The Balaban J connectivity index is 2.73. The van der Waals surface area contributed by atoms with Gasteiger partial charge in [0, 0.05) is 4.90 Å². The molecule has 150 valence electrons. The number of thiol groups is 1. The van der Waals surface area contributed by atoms with Gasteiger partial charge in [-0.25, -0.2) is 8.42 Å². The molecule has 0 fully saturated rings. The molecular weight excluding hydrogens is 360 g/mol. The minimum absolute atomic E-state index is 0.0691. The van der Waals surface area contributed by atoms with Gasteiger partial charge in [0.15, 0.2) is 9.84 Å². The van der Waals surface area contributed by atoms with Crippen LogP contribution in [0.15, 0.2) is 23.1 Å². The lowest BCUT2D eigenvalue weighted by atomic mass is 9.72. The molecule has 1 aromatic carbocycles. The van der Waals surface area contributed by atoms with E-state index in [1.54, 1.807) is 0 Å². The summed E-state index contributed by atoms with van der Waals surface area (Å²) in [6, 6.07) is 6.33. The average molecular weight is 399 g/mol. The third kappa shape index (κ3) is 8.47. The van der Waals surface area contributed by atoms with E-state index in [4.69, 9.17) is 0 Å². The Morgan fingerprint density at radius 1 is 0.962 bits per heavy atom. The third-order valence-corrected chi connectivity index (χ3v) is 6.98. The van der Waals surface area contributed by atoms with Crippen LogP contribution in [0, 0.1) is 5.41 Å². The maximum atomic E-state index is 12.2. The van der Waals surface area contributed by atoms with Crippen LogP contribution in [0.1, 0.15) is 84.8 Å². The van der Waals surface area contributed by atoms with Crippen molar-refractivity contribution in [3.05, 3.63) is 29.3 Å². The lowest BCUT2D eigenvalue weighted by Crippen LogP contribution is -2.25. The molecule has 1 rings (SSSR count). The van der Waals surface area contributed by atoms with Gasteiger partial charge in [0.2, 0.25) is 0 Å².